The Morgan fingerprint density at radius 1 is 1.19 bits per heavy atom. The largest absolute Gasteiger partial charge is 0.435 e. The number of hydrogen-bond donors (Lipinski definition) is 1. The molecule has 1 N–H and O–H groups in total. The van der Waals surface area contributed by atoms with Gasteiger partial charge >= 0.3 is 6.61 Å². The van der Waals surface area contributed by atoms with Gasteiger partial charge in [-0.1, -0.05) is 26.0 Å². The number of carbonyl (C=O) groups excluding carboxylic acids is 1. The number of ether oxygens (including phenoxy) is 1. The van der Waals surface area contributed by atoms with Gasteiger partial charge in [-0.05, 0) is 50.3 Å². The van der Waals surface area contributed by atoms with Gasteiger partial charge in [-0.2, -0.15) is 8.78 Å². The predicted octanol–water partition coefficient (Wildman–Crippen LogP) is 3.85. The zero-order valence-electron chi connectivity index (χ0n) is 15.9. The molecule has 1 unspecified atom stereocenters. The predicted molar refractivity (Wildman–Crippen MR) is 98.4 cm³/mol. The molecule has 1 atom stereocenters. The van der Waals surface area contributed by atoms with Crippen molar-refractivity contribution in [2.75, 3.05) is 13.1 Å². The first-order valence-corrected chi connectivity index (χ1v) is 9.43. The second-order valence-corrected chi connectivity index (χ2v) is 7.38. The maximum absolute atomic E-state index is 12.2. The maximum atomic E-state index is 12.2. The van der Waals surface area contributed by atoms with E-state index in [9.17, 15) is 13.6 Å². The minimum atomic E-state index is -2.78. The highest BCUT2D eigenvalue weighted by Gasteiger charge is 2.24. The van der Waals surface area contributed by atoms with E-state index < -0.39 is 6.61 Å². The summed E-state index contributed by atoms with van der Waals surface area (Å²) in [7, 11) is 0. The van der Waals surface area contributed by atoms with Crippen LogP contribution in [0.1, 0.15) is 45.6 Å². The van der Waals surface area contributed by atoms with E-state index in [1.807, 2.05) is 30.9 Å². The number of rotatable bonds is 8. The number of alkyl halides is 2. The van der Waals surface area contributed by atoms with E-state index in [0.29, 0.717) is 12.1 Å². The highest BCUT2D eigenvalue weighted by molar-refractivity contribution is 5.78. The molecule has 146 valence electrons. The zero-order chi connectivity index (χ0) is 19.1. The van der Waals surface area contributed by atoms with Crippen molar-refractivity contribution < 1.29 is 18.3 Å². The topological polar surface area (TPSA) is 41.6 Å². The molecular formula is C20H30F2N2O2. The minimum Gasteiger partial charge on any atom is -0.435 e. The van der Waals surface area contributed by atoms with Crippen molar-refractivity contribution in [3.63, 3.8) is 0 Å². The standard InChI is InChI=1S/C20H30F2N2O2/c1-14(2)19(25)24-12-10-17(11-13-24)23-15(3)4-5-16-6-8-18(9-7-16)26-20(21)22/h6-9,14-15,17,20,23H,4-5,10-13H2,1-3H3. The molecule has 6 heteroatoms. The molecule has 1 aliphatic heterocycles. The first-order chi connectivity index (χ1) is 12.3. The highest BCUT2D eigenvalue weighted by atomic mass is 19.3. The molecule has 1 heterocycles. The summed E-state index contributed by atoms with van der Waals surface area (Å²) in [6, 6.07) is 7.65. The summed E-state index contributed by atoms with van der Waals surface area (Å²) >= 11 is 0. The summed E-state index contributed by atoms with van der Waals surface area (Å²) in [5, 5.41) is 3.65. The lowest BCUT2D eigenvalue weighted by Gasteiger charge is -2.35. The molecule has 0 aliphatic carbocycles. The van der Waals surface area contributed by atoms with Crippen molar-refractivity contribution in [3.05, 3.63) is 29.8 Å². The Bertz CT molecular complexity index is 555. The molecule has 2 rings (SSSR count). The number of benzene rings is 1. The molecule has 4 nitrogen and oxygen atoms in total. The van der Waals surface area contributed by atoms with Gasteiger partial charge < -0.3 is 15.0 Å². The van der Waals surface area contributed by atoms with Gasteiger partial charge in [0.2, 0.25) is 5.91 Å². The van der Waals surface area contributed by atoms with Crippen LogP contribution in [0.2, 0.25) is 0 Å². The fourth-order valence-corrected chi connectivity index (χ4v) is 3.34. The van der Waals surface area contributed by atoms with Crippen LogP contribution in [0.25, 0.3) is 0 Å². The van der Waals surface area contributed by atoms with Crippen LogP contribution in [0, 0.1) is 5.92 Å². The Balaban J connectivity index is 1.69. The molecule has 0 aromatic heterocycles. The van der Waals surface area contributed by atoms with Crippen molar-refractivity contribution >= 4 is 5.91 Å². The Morgan fingerprint density at radius 2 is 1.81 bits per heavy atom. The van der Waals surface area contributed by atoms with Gasteiger partial charge in [0.1, 0.15) is 5.75 Å². The molecule has 0 radical (unpaired) electrons. The quantitative estimate of drug-likeness (QED) is 0.758. The molecule has 26 heavy (non-hydrogen) atoms. The lowest BCUT2D eigenvalue weighted by atomic mass is 10.0. The molecule has 1 aromatic rings. The summed E-state index contributed by atoms with van der Waals surface area (Å²) in [5.41, 5.74) is 1.11. The van der Waals surface area contributed by atoms with Crippen molar-refractivity contribution in [2.45, 2.75) is 65.1 Å². The van der Waals surface area contributed by atoms with Crippen molar-refractivity contribution in [1.82, 2.24) is 10.2 Å². The van der Waals surface area contributed by atoms with Gasteiger partial charge in [-0.15, -0.1) is 0 Å². The van der Waals surface area contributed by atoms with Crippen molar-refractivity contribution in [2.24, 2.45) is 5.92 Å². The second kappa shape index (κ2) is 9.86. The van der Waals surface area contributed by atoms with Crippen LogP contribution < -0.4 is 10.1 Å². The van der Waals surface area contributed by atoms with E-state index >= 15 is 0 Å². The Kier molecular flexibility index (Phi) is 7.82. The maximum Gasteiger partial charge on any atom is 0.387 e. The summed E-state index contributed by atoms with van der Waals surface area (Å²) in [6.45, 7) is 4.93. The number of piperidine rings is 1. The Hall–Kier alpha value is -1.69. The average molecular weight is 368 g/mol. The van der Waals surface area contributed by atoms with E-state index in [0.717, 1.165) is 44.3 Å². The first kappa shape index (κ1) is 20.6. The average Bonchev–Trinajstić information content (AvgIpc) is 2.60. The van der Waals surface area contributed by atoms with E-state index in [2.05, 4.69) is 17.0 Å². The minimum absolute atomic E-state index is 0.0657. The molecule has 0 spiro atoms. The van der Waals surface area contributed by atoms with Crippen LogP contribution in [0.4, 0.5) is 8.78 Å². The number of amides is 1. The molecule has 1 saturated heterocycles. The first-order valence-electron chi connectivity index (χ1n) is 9.43. The fraction of sp³-hybridized carbons (Fsp3) is 0.650. The second-order valence-electron chi connectivity index (χ2n) is 7.38. The number of likely N-dealkylation sites (tertiary alicyclic amines) is 1. The lowest BCUT2D eigenvalue weighted by Crippen LogP contribution is -2.48. The Labute approximate surface area is 154 Å². The van der Waals surface area contributed by atoms with E-state index in [1.54, 1.807) is 12.1 Å². The fourth-order valence-electron chi connectivity index (χ4n) is 3.34. The number of aryl methyl sites for hydroxylation is 1. The number of halogens is 2. The molecule has 1 aliphatic rings. The molecule has 0 saturated carbocycles. The lowest BCUT2D eigenvalue weighted by molar-refractivity contribution is -0.135. The third-order valence-electron chi connectivity index (χ3n) is 4.84. The van der Waals surface area contributed by atoms with E-state index in [-0.39, 0.29) is 17.6 Å². The number of carbonyl (C=O) groups is 1. The molecule has 1 amide bonds. The van der Waals surface area contributed by atoms with Crippen LogP contribution in [0.5, 0.6) is 5.75 Å². The molecule has 1 fully saturated rings. The van der Waals surface area contributed by atoms with E-state index in [4.69, 9.17) is 0 Å². The van der Waals surface area contributed by atoms with Crippen molar-refractivity contribution in [1.29, 1.82) is 0 Å². The van der Waals surface area contributed by atoms with Gasteiger partial charge in [0, 0.05) is 31.1 Å². The smallest absolute Gasteiger partial charge is 0.387 e. The van der Waals surface area contributed by atoms with Crippen LogP contribution in [0.3, 0.4) is 0 Å². The monoisotopic (exact) mass is 368 g/mol. The third-order valence-corrected chi connectivity index (χ3v) is 4.84. The summed E-state index contributed by atoms with van der Waals surface area (Å²) < 4.78 is 28.7. The number of nitrogens with one attached hydrogen (secondary N) is 1. The van der Waals surface area contributed by atoms with Crippen LogP contribution in [0.15, 0.2) is 24.3 Å². The molecule has 0 bridgehead atoms. The molecular weight excluding hydrogens is 338 g/mol. The van der Waals surface area contributed by atoms with Crippen LogP contribution in [-0.2, 0) is 11.2 Å². The van der Waals surface area contributed by atoms with E-state index in [1.165, 1.54) is 0 Å². The summed E-state index contributed by atoms with van der Waals surface area (Å²) in [6.07, 6.45) is 3.83. The zero-order valence-corrected chi connectivity index (χ0v) is 15.9. The van der Waals surface area contributed by atoms with Crippen LogP contribution in [-0.4, -0.2) is 42.6 Å². The highest BCUT2D eigenvalue weighted by Crippen LogP contribution is 2.17. The Morgan fingerprint density at radius 3 is 2.35 bits per heavy atom. The third kappa shape index (κ3) is 6.56. The normalized spacial score (nSPS) is 17.0. The van der Waals surface area contributed by atoms with Crippen molar-refractivity contribution in [3.8, 4) is 5.75 Å². The van der Waals surface area contributed by atoms with Gasteiger partial charge in [-0.25, -0.2) is 0 Å². The summed E-state index contributed by atoms with van der Waals surface area (Å²) in [5.74, 6) is 0.504. The van der Waals surface area contributed by atoms with Gasteiger partial charge in [0.25, 0.3) is 0 Å². The van der Waals surface area contributed by atoms with Gasteiger partial charge in [-0.3, -0.25) is 4.79 Å². The SMILES string of the molecule is CC(CCc1ccc(OC(F)F)cc1)NC1CCN(C(=O)C(C)C)CC1. The van der Waals surface area contributed by atoms with Gasteiger partial charge in [0.15, 0.2) is 0 Å². The molecule has 1 aromatic carbocycles. The number of nitrogens with zero attached hydrogens (tertiary/aromatic N) is 1. The van der Waals surface area contributed by atoms with Gasteiger partial charge in [0.05, 0.1) is 0 Å². The number of hydrogen-bond acceptors (Lipinski definition) is 3. The summed E-state index contributed by atoms with van der Waals surface area (Å²) in [4.78, 5) is 14.0. The van der Waals surface area contributed by atoms with Crippen LogP contribution >= 0.6 is 0 Å².